The normalized spacial score (nSPS) is 17.5. The first-order valence-corrected chi connectivity index (χ1v) is 5.58. The van der Waals surface area contributed by atoms with Gasteiger partial charge in [0, 0.05) is 25.8 Å². The van der Waals surface area contributed by atoms with Gasteiger partial charge in [-0.1, -0.05) is 5.46 Å². The third kappa shape index (κ3) is 4.95. The van der Waals surface area contributed by atoms with Crippen molar-refractivity contribution in [3.63, 3.8) is 0 Å². The van der Waals surface area contributed by atoms with Crippen molar-refractivity contribution in [3.05, 3.63) is 12.4 Å². The topological polar surface area (TPSA) is 30.3 Å². The molecular weight excluding hydrogens is 273 g/mol. The van der Waals surface area contributed by atoms with Gasteiger partial charge < -0.3 is 17.7 Å². The van der Waals surface area contributed by atoms with Crippen molar-refractivity contribution in [2.75, 3.05) is 32.8 Å². The average molecular weight is 287 g/mol. The molecule has 0 amide bonds. The van der Waals surface area contributed by atoms with Crippen LogP contribution in [0.3, 0.4) is 0 Å². The van der Waals surface area contributed by atoms with Crippen molar-refractivity contribution in [1.29, 1.82) is 0 Å². The third-order valence-electron chi connectivity index (χ3n) is 2.78. The molecule has 1 fully saturated rings. The Bertz CT molecular complexity index is 368. The number of ether oxygens (including phenoxy) is 1. The number of aromatic nitrogens is 2. The van der Waals surface area contributed by atoms with Crippen LogP contribution in [0.5, 0.6) is 0 Å². The number of rotatable bonds is 4. The molecule has 0 N–H and O–H groups in total. The summed E-state index contributed by atoms with van der Waals surface area (Å²) in [7, 11) is 0. The second-order valence-electron chi connectivity index (χ2n) is 4.07. The quantitative estimate of drug-likeness (QED) is 0.564. The van der Waals surface area contributed by atoms with Crippen LogP contribution < -0.4 is 56.8 Å². The van der Waals surface area contributed by atoms with Crippen molar-refractivity contribution >= 4 is 12.4 Å². The summed E-state index contributed by atoms with van der Waals surface area (Å²) in [6.45, 7) is -0.709. The second kappa shape index (κ2) is 7.42. The monoisotopic (exact) mass is 287 g/mol. The van der Waals surface area contributed by atoms with E-state index in [1.165, 1.54) is 4.68 Å². The van der Waals surface area contributed by atoms with Gasteiger partial charge in [-0.05, 0) is 6.20 Å². The molecule has 1 aliphatic heterocycles. The van der Waals surface area contributed by atoms with Crippen LogP contribution >= 0.6 is 0 Å². The summed E-state index contributed by atoms with van der Waals surface area (Å²) in [5.41, 5.74) is -0.632. The molecule has 1 saturated heterocycles. The SMILES string of the molecule is F[B-](F)(F)c1cnn(CCN2CCOCC2)c1.[K+]. The molecule has 18 heavy (non-hydrogen) atoms. The number of hydrogen-bond acceptors (Lipinski definition) is 3. The molecule has 0 spiro atoms. The predicted molar refractivity (Wildman–Crippen MR) is 58.2 cm³/mol. The first-order chi connectivity index (χ1) is 8.05. The molecule has 4 nitrogen and oxygen atoms in total. The van der Waals surface area contributed by atoms with E-state index in [1.807, 2.05) is 0 Å². The first kappa shape index (κ1) is 16.7. The fourth-order valence-corrected chi connectivity index (χ4v) is 1.74. The molecule has 0 atom stereocenters. The Balaban J connectivity index is 0.00000162. The van der Waals surface area contributed by atoms with Crippen molar-refractivity contribution in [2.45, 2.75) is 6.54 Å². The van der Waals surface area contributed by atoms with Gasteiger partial charge in [0.15, 0.2) is 0 Å². The van der Waals surface area contributed by atoms with Crippen LogP contribution in [0, 0.1) is 0 Å². The summed E-state index contributed by atoms with van der Waals surface area (Å²) >= 11 is 0. The van der Waals surface area contributed by atoms with Crippen molar-refractivity contribution < 1.29 is 69.1 Å². The van der Waals surface area contributed by atoms with Gasteiger partial charge in [0.2, 0.25) is 0 Å². The van der Waals surface area contributed by atoms with Crippen molar-refractivity contribution in [2.24, 2.45) is 0 Å². The zero-order chi connectivity index (χ0) is 12.3. The standard InChI is InChI=1S/C9H14BF3N3O.K/c11-10(12,13)9-7-14-16(8-9)2-1-15-3-5-17-6-4-15;/h7-8H,1-6H2;/q-1;+1. The molecule has 1 aromatic rings. The molecular formula is C9H14BF3KN3O. The number of nitrogens with zero attached hydrogens (tertiary/aromatic N) is 3. The summed E-state index contributed by atoms with van der Waals surface area (Å²) in [6.07, 6.45) is 1.96. The van der Waals surface area contributed by atoms with Crippen LogP contribution in [0.15, 0.2) is 12.4 Å². The summed E-state index contributed by atoms with van der Waals surface area (Å²) < 4.78 is 43.7. The molecule has 0 aliphatic carbocycles. The number of halogens is 3. The summed E-state index contributed by atoms with van der Waals surface area (Å²) in [6, 6.07) is 0. The molecule has 0 saturated carbocycles. The molecule has 0 unspecified atom stereocenters. The van der Waals surface area contributed by atoms with Gasteiger partial charge in [-0.3, -0.25) is 9.58 Å². The molecule has 0 radical (unpaired) electrons. The second-order valence-corrected chi connectivity index (χ2v) is 4.07. The van der Waals surface area contributed by atoms with Gasteiger partial charge in [-0.2, -0.15) is 5.10 Å². The summed E-state index contributed by atoms with van der Waals surface area (Å²) in [5, 5.41) is 3.72. The number of morpholine rings is 1. The average Bonchev–Trinajstić information content (AvgIpc) is 2.76. The minimum atomic E-state index is -4.93. The van der Waals surface area contributed by atoms with E-state index in [4.69, 9.17) is 4.74 Å². The van der Waals surface area contributed by atoms with Crippen LogP contribution in [-0.2, 0) is 11.3 Å². The zero-order valence-corrected chi connectivity index (χ0v) is 13.5. The fourth-order valence-electron chi connectivity index (χ4n) is 1.74. The maximum absolute atomic E-state index is 12.4. The molecule has 0 aromatic carbocycles. The third-order valence-corrected chi connectivity index (χ3v) is 2.78. The van der Waals surface area contributed by atoms with E-state index in [-0.39, 0.29) is 51.4 Å². The Hall–Kier alpha value is 0.621. The van der Waals surface area contributed by atoms with E-state index in [1.54, 1.807) is 0 Å². The van der Waals surface area contributed by atoms with E-state index in [9.17, 15) is 12.9 Å². The molecule has 2 rings (SSSR count). The van der Waals surface area contributed by atoms with Crippen molar-refractivity contribution in [3.8, 4) is 0 Å². The van der Waals surface area contributed by atoms with E-state index in [2.05, 4.69) is 10.00 Å². The van der Waals surface area contributed by atoms with Crippen LogP contribution in [0.1, 0.15) is 0 Å². The molecule has 96 valence electrons. The minimum Gasteiger partial charge on any atom is -0.445 e. The molecule has 2 heterocycles. The van der Waals surface area contributed by atoms with Crippen LogP contribution in [0.4, 0.5) is 12.9 Å². The Morgan fingerprint density at radius 1 is 1.22 bits per heavy atom. The Morgan fingerprint density at radius 3 is 2.44 bits per heavy atom. The maximum Gasteiger partial charge on any atom is 1.00 e. The van der Waals surface area contributed by atoms with Crippen LogP contribution in [0.2, 0.25) is 0 Å². The molecule has 1 aromatic heterocycles. The van der Waals surface area contributed by atoms with Gasteiger partial charge >= 0.3 is 58.4 Å². The molecule has 9 heteroatoms. The van der Waals surface area contributed by atoms with E-state index in [0.717, 1.165) is 25.5 Å². The first-order valence-electron chi connectivity index (χ1n) is 5.58. The fraction of sp³-hybridized carbons (Fsp3) is 0.667. The Morgan fingerprint density at radius 2 is 1.89 bits per heavy atom. The zero-order valence-electron chi connectivity index (χ0n) is 10.4. The minimum absolute atomic E-state index is 0. The summed E-state index contributed by atoms with van der Waals surface area (Å²) in [4.78, 5) is 2.16. The largest absolute Gasteiger partial charge is 1.00 e. The molecule has 1 aliphatic rings. The van der Waals surface area contributed by atoms with E-state index < -0.39 is 12.4 Å². The van der Waals surface area contributed by atoms with E-state index in [0.29, 0.717) is 26.3 Å². The smallest absolute Gasteiger partial charge is 0.445 e. The van der Waals surface area contributed by atoms with Gasteiger partial charge in [-0.25, -0.2) is 0 Å². The maximum atomic E-state index is 12.4. The van der Waals surface area contributed by atoms with Gasteiger partial charge in [0.25, 0.3) is 0 Å². The Labute approximate surface area is 146 Å². The van der Waals surface area contributed by atoms with Gasteiger partial charge in [0.05, 0.1) is 19.8 Å². The predicted octanol–water partition coefficient (Wildman–Crippen LogP) is -2.73. The van der Waals surface area contributed by atoms with Gasteiger partial charge in [-0.15, -0.1) is 0 Å². The van der Waals surface area contributed by atoms with Crippen LogP contribution in [0.25, 0.3) is 0 Å². The van der Waals surface area contributed by atoms with E-state index >= 15 is 0 Å². The van der Waals surface area contributed by atoms with Crippen LogP contribution in [-0.4, -0.2) is 54.5 Å². The summed E-state index contributed by atoms with van der Waals surface area (Å²) in [5.74, 6) is 0. The van der Waals surface area contributed by atoms with Gasteiger partial charge in [0.1, 0.15) is 0 Å². The number of hydrogen-bond donors (Lipinski definition) is 0. The molecule has 0 bridgehead atoms. The Kier molecular flexibility index (Phi) is 6.87. The van der Waals surface area contributed by atoms with Crippen molar-refractivity contribution in [1.82, 2.24) is 14.7 Å².